The maximum absolute atomic E-state index is 12.1. The molecule has 0 amide bonds. The SMILES string of the molecule is Cc1ccc2c(CNc3cccc4c3CN(C(C)C)C4)cc(=O)oc2c1C. The van der Waals surface area contributed by atoms with Gasteiger partial charge in [-0.25, -0.2) is 4.79 Å². The highest BCUT2D eigenvalue weighted by Gasteiger charge is 2.23. The standard InChI is InChI=1S/C23H26N2O2/c1-14(2)25-12-17-6-5-7-21(20(17)13-25)24-11-18-10-22(26)27-23-16(4)15(3)8-9-19(18)23/h5-10,14,24H,11-13H2,1-4H3. The van der Waals surface area contributed by atoms with Crippen LogP contribution >= 0.6 is 0 Å². The molecule has 0 bridgehead atoms. The highest BCUT2D eigenvalue weighted by atomic mass is 16.4. The van der Waals surface area contributed by atoms with Gasteiger partial charge in [0.1, 0.15) is 5.58 Å². The Labute approximate surface area is 159 Å². The minimum Gasteiger partial charge on any atom is -0.422 e. The Kier molecular flexibility index (Phi) is 4.52. The van der Waals surface area contributed by atoms with Crippen molar-refractivity contribution >= 4 is 16.7 Å². The van der Waals surface area contributed by atoms with E-state index in [0.717, 1.165) is 40.9 Å². The first-order valence-corrected chi connectivity index (χ1v) is 9.55. The number of hydrogen-bond acceptors (Lipinski definition) is 4. The van der Waals surface area contributed by atoms with E-state index in [1.165, 1.54) is 11.1 Å². The summed E-state index contributed by atoms with van der Waals surface area (Å²) in [6.45, 7) is 11.1. The highest BCUT2D eigenvalue weighted by molar-refractivity contribution is 5.84. The minimum atomic E-state index is -0.294. The second-order valence-electron chi connectivity index (χ2n) is 7.77. The fraction of sp³-hybridized carbons (Fsp3) is 0.348. The number of anilines is 1. The molecule has 0 unspecified atom stereocenters. The van der Waals surface area contributed by atoms with Crippen LogP contribution in [0.25, 0.3) is 11.0 Å². The van der Waals surface area contributed by atoms with Gasteiger partial charge in [0.15, 0.2) is 0 Å². The zero-order chi connectivity index (χ0) is 19.1. The third-order valence-corrected chi connectivity index (χ3v) is 5.72. The van der Waals surface area contributed by atoms with E-state index in [4.69, 9.17) is 4.42 Å². The van der Waals surface area contributed by atoms with Crippen molar-refractivity contribution < 1.29 is 4.42 Å². The van der Waals surface area contributed by atoms with Gasteiger partial charge >= 0.3 is 5.63 Å². The van der Waals surface area contributed by atoms with Gasteiger partial charge < -0.3 is 9.73 Å². The Morgan fingerprint density at radius 3 is 2.74 bits per heavy atom. The Hall–Kier alpha value is -2.59. The van der Waals surface area contributed by atoms with Crippen LogP contribution in [0.15, 0.2) is 45.6 Å². The van der Waals surface area contributed by atoms with Gasteiger partial charge in [-0.2, -0.15) is 0 Å². The number of nitrogens with zero attached hydrogens (tertiary/aromatic N) is 1. The molecular weight excluding hydrogens is 336 g/mol. The largest absolute Gasteiger partial charge is 0.422 e. The predicted molar refractivity (Wildman–Crippen MR) is 110 cm³/mol. The van der Waals surface area contributed by atoms with Crippen molar-refractivity contribution in [2.45, 2.75) is 53.4 Å². The Bertz CT molecular complexity index is 1070. The lowest BCUT2D eigenvalue weighted by Gasteiger charge is -2.19. The highest BCUT2D eigenvalue weighted by Crippen LogP contribution is 2.31. The Morgan fingerprint density at radius 1 is 1.15 bits per heavy atom. The third-order valence-electron chi connectivity index (χ3n) is 5.72. The van der Waals surface area contributed by atoms with Crippen LogP contribution in [0.2, 0.25) is 0 Å². The van der Waals surface area contributed by atoms with Gasteiger partial charge in [0.25, 0.3) is 0 Å². The number of rotatable bonds is 4. The van der Waals surface area contributed by atoms with Crippen LogP contribution < -0.4 is 10.9 Å². The van der Waals surface area contributed by atoms with Gasteiger partial charge in [-0.3, -0.25) is 4.90 Å². The molecule has 0 atom stereocenters. The van der Waals surface area contributed by atoms with Crippen LogP contribution in [0.3, 0.4) is 0 Å². The summed E-state index contributed by atoms with van der Waals surface area (Å²) in [6.07, 6.45) is 0. The number of hydrogen-bond donors (Lipinski definition) is 1. The second-order valence-corrected chi connectivity index (χ2v) is 7.77. The van der Waals surface area contributed by atoms with Crippen molar-refractivity contribution in [2.75, 3.05) is 5.32 Å². The minimum absolute atomic E-state index is 0.294. The lowest BCUT2D eigenvalue weighted by Crippen LogP contribution is -2.24. The first-order chi connectivity index (χ1) is 12.9. The van der Waals surface area contributed by atoms with E-state index in [1.807, 2.05) is 19.9 Å². The molecule has 140 valence electrons. The molecule has 2 aromatic carbocycles. The number of fused-ring (bicyclic) bond motifs is 2. The Morgan fingerprint density at radius 2 is 1.96 bits per heavy atom. The molecule has 27 heavy (non-hydrogen) atoms. The van der Waals surface area contributed by atoms with E-state index >= 15 is 0 Å². The molecule has 1 N–H and O–H groups in total. The molecule has 1 aliphatic rings. The lowest BCUT2D eigenvalue weighted by molar-refractivity contribution is 0.227. The first kappa shape index (κ1) is 17.8. The zero-order valence-corrected chi connectivity index (χ0v) is 16.4. The second kappa shape index (κ2) is 6.86. The molecule has 0 aliphatic carbocycles. The molecule has 0 fully saturated rings. The first-order valence-electron chi connectivity index (χ1n) is 9.55. The van der Waals surface area contributed by atoms with Gasteiger partial charge in [-0.1, -0.05) is 24.3 Å². The van der Waals surface area contributed by atoms with E-state index in [0.29, 0.717) is 18.2 Å². The average Bonchev–Trinajstić information content (AvgIpc) is 3.08. The molecule has 0 spiro atoms. The molecule has 1 aliphatic heterocycles. The average molecular weight is 362 g/mol. The normalized spacial score (nSPS) is 14.1. The summed E-state index contributed by atoms with van der Waals surface area (Å²) in [4.78, 5) is 14.5. The summed E-state index contributed by atoms with van der Waals surface area (Å²) >= 11 is 0. The fourth-order valence-corrected chi connectivity index (χ4v) is 3.84. The summed E-state index contributed by atoms with van der Waals surface area (Å²) in [7, 11) is 0. The van der Waals surface area contributed by atoms with Crippen LogP contribution in [0, 0.1) is 13.8 Å². The van der Waals surface area contributed by atoms with Crippen LogP contribution in [0.1, 0.15) is 41.7 Å². The number of nitrogens with one attached hydrogen (secondary N) is 1. The van der Waals surface area contributed by atoms with E-state index in [2.05, 4.69) is 48.3 Å². The zero-order valence-electron chi connectivity index (χ0n) is 16.4. The smallest absolute Gasteiger partial charge is 0.336 e. The monoisotopic (exact) mass is 362 g/mol. The van der Waals surface area contributed by atoms with E-state index < -0.39 is 0 Å². The van der Waals surface area contributed by atoms with Gasteiger partial charge in [0.05, 0.1) is 0 Å². The van der Waals surface area contributed by atoms with Crippen molar-refractivity contribution in [3.8, 4) is 0 Å². The van der Waals surface area contributed by atoms with Crippen molar-refractivity contribution in [1.29, 1.82) is 0 Å². The number of aryl methyl sites for hydroxylation is 2. The van der Waals surface area contributed by atoms with Crippen LogP contribution in [-0.2, 0) is 19.6 Å². The number of benzene rings is 2. The maximum atomic E-state index is 12.1. The molecule has 4 heteroatoms. The molecule has 0 saturated heterocycles. The Balaban J connectivity index is 1.66. The van der Waals surface area contributed by atoms with Crippen molar-refractivity contribution in [2.24, 2.45) is 0 Å². The summed E-state index contributed by atoms with van der Waals surface area (Å²) in [5.41, 5.74) is 7.44. The third kappa shape index (κ3) is 3.26. The van der Waals surface area contributed by atoms with Crippen molar-refractivity contribution in [3.05, 3.63) is 74.6 Å². The molecule has 4 nitrogen and oxygen atoms in total. The van der Waals surface area contributed by atoms with E-state index in [9.17, 15) is 4.79 Å². The lowest BCUT2D eigenvalue weighted by atomic mass is 10.0. The van der Waals surface area contributed by atoms with Gasteiger partial charge in [0.2, 0.25) is 0 Å². The van der Waals surface area contributed by atoms with Crippen LogP contribution in [0.5, 0.6) is 0 Å². The molecule has 0 saturated carbocycles. The summed E-state index contributed by atoms with van der Waals surface area (Å²) < 4.78 is 5.49. The van der Waals surface area contributed by atoms with E-state index in [-0.39, 0.29) is 5.63 Å². The molecule has 3 aromatic rings. The summed E-state index contributed by atoms with van der Waals surface area (Å²) in [5, 5.41) is 4.57. The topological polar surface area (TPSA) is 45.5 Å². The molecule has 1 aromatic heterocycles. The van der Waals surface area contributed by atoms with Crippen molar-refractivity contribution in [1.82, 2.24) is 4.90 Å². The van der Waals surface area contributed by atoms with Crippen LogP contribution in [-0.4, -0.2) is 10.9 Å². The van der Waals surface area contributed by atoms with E-state index in [1.54, 1.807) is 6.07 Å². The molecular formula is C23H26N2O2. The van der Waals surface area contributed by atoms with Crippen molar-refractivity contribution in [3.63, 3.8) is 0 Å². The van der Waals surface area contributed by atoms with Gasteiger partial charge in [-0.05, 0) is 61.6 Å². The van der Waals surface area contributed by atoms with Gasteiger partial charge in [0, 0.05) is 42.8 Å². The van der Waals surface area contributed by atoms with Gasteiger partial charge in [-0.15, -0.1) is 0 Å². The summed E-state index contributed by atoms with van der Waals surface area (Å²) in [6, 6.07) is 12.7. The molecule has 2 heterocycles. The maximum Gasteiger partial charge on any atom is 0.336 e. The molecule has 0 radical (unpaired) electrons. The molecule has 4 rings (SSSR count). The quantitative estimate of drug-likeness (QED) is 0.681. The van der Waals surface area contributed by atoms with Crippen LogP contribution in [0.4, 0.5) is 5.69 Å². The fourth-order valence-electron chi connectivity index (χ4n) is 3.84. The predicted octanol–water partition coefficient (Wildman–Crippen LogP) is 4.75. The summed E-state index contributed by atoms with van der Waals surface area (Å²) in [5.74, 6) is 0.